The van der Waals surface area contributed by atoms with Crippen LogP contribution < -0.4 is 0 Å². The Morgan fingerprint density at radius 2 is 2.32 bits per heavy atom. The Morgan fingerprint density at radius 3 is 2.89 bits per heavy atom. The topological polar surface area (TPSA) is 66.4 Å². The lowest BCUT2D eigenvalue weighted by Crippen LogP contribution is -2.12. The predicted molar refractivity (Wildman–Crippen MR) is 68.0 cm³/mol. The molecule has 2 aliphatic rings. The van der Waals surface area contributed by atoms with Crippen molar-refractivity contribution in [1.82, 2.24) is 0 Å². The largest absolute Gasteiger partial charge is 0.514 e. The van der Waals surface area contributed by atoms with E-state index in [0.717, 1.165) is 5.90 Å². The molecule has 106 valence electrons. The fourth-order valence-electron chi connectivity index (χ4n) is 1.86. The zero-order valence-corrected chi connectivity index (χ0v) is 11.4. The number of carbonyl (C=O) groups is 1. The molecular weight excluding hydrogens is 250 g/mol. The van der Waals surface area contributed by atoms with Crippen LogP contribution in [0.5, 0.6) is 0 Å². The summed E-state index contributed by atoms with van der Waals surface area (Å²) in [6, 6.07) is 0.241. The molecule has 19 heavy (non-hydrogen) atoms. The summed E-state index contributed by atoms with van der Waals surface area (Å²) in [4.78, 5) is 15.2. The van der Waals surface area contributed by atoms with Crippen molar-refractivity contribution < 1.29 is 23.7 Å². The van der Waals surface area contributed by atoms with Gasteiger partial charge in [0.1, 0.15) is 6.61 Å². The van der Waals surface area contributed by atoms with Gasteiger partial charge < -0.3 is 18.9 Å². The van der Waals surface area contributed by atoms with Crippen molar-refractivity contribution in [3.8, 4) is 0 Å². The first kappa shape index (κ1) is 13.9. The molecule has 0 aromatic rings. The van der Waals surface area contributed by atoms with Crippen molar-refractivity contribution in [2.75, 3.05) is 13.2 Å². The van der Waals surface area contributed by atoms with E-state index in [-0.39, 0.29) is 18.2 Å². The third kappa shape index (κ3) is 3.96. The van der Waals surface area contributed by atoms with E-state index in [1.54, 1.807) is 13.0 Å². The van der Waals surface area contributed by atoms with Gasteiger partial charge in [-0.25, -0.2) is 9.79 Å². The molecule has 2 heterocycles. The third-order valence-electron chi connectivity index (χ3n) is 2.83. The summed E-state index contributed by atoms with van der Waals surface area (Å²) < 4.78 is 20.7. The number of cyclic esters (lactones) is 2. The zero-order valence-electron chi connectivity index (χ0n) is 11.4. The fourth-order valence-corrected chi connectivity index (χ4v) is 1.86. The molecule has 6 heteroatoms. The van der Waals surface area contributed by atoms with Crippen molar-refractivity contribution >= 4 is 12.1 Å². The second kappa shape index (κ2) is 6.06. The maximum Gasteiger partial charge on any atom is 0.514 e. The average Bonchev–Trinajstić information content (AvgIpc) is 2.86. The van der Waals surface area contributed by atoms with Crippen LogP contribution >= 0.6 is 0 Å². The van der Waals surface area contributed by atoms with E-state index >= 15 is 0 Å². The molecule has 1 fully saturated rings. The van der Waals surface area contributed by atoms with E-state index in [1.807, 2.05) is 13.8 Å². The number of hydrogen-bond acceptors (Lipinski definition) is 6. The summed E-state index contributed by atoms with van der Waals surface area (Å²) in [6.45, 7) is 6.81. The Hall–Kier alpha value is -1.56. The minimum absolute atomic E-state index is 0.161. The Morgan fingerprint density at radius 1 is 1.53 bits per heavy atom. The van der Waals surface area contributed by atoms with Gasteiger partial charge in [0.05, 0.1) is 18.8 Å². The summed E-state index contributed by atoms with van der Waals surface area (Å²) in [5.74, 6) is 1.25. The molecule has 0 N–H and O–H groups in total. The molecular formula is C13H19NO5. The van der Waals surface area contributed by atoms with Crippen molar-refractivity contribution in [2.45, 2.75) is 45.4 Å². The molecule has 0 amide bonds. The molecule has 0 aliphatic carbocycles. The van der Waals surface area contributed by atoms with E-state index in [1.165, 1.54) is 0 Å². The minimum Gasteiger partial charge on any atom is -0.479 e. The fraction of sp³-hybridized carbons (Fsp3) is 0.692. The number of aliphatic imine (C=N–C) groups is 1. The molecule has 0 saturated carbocycles. The highest BCUT2D eigenvalue weighted by Crippen LogP contribution is 2.19. The van der Waals surface area contributed by atoms with Crippen molar-refractivity contribution in [2.24, 2.45) is 4.99 Å². The summed E-state index contributed by atoms with van der Waals surface area (Å²) in [7, 11) is 0. The molecule has 2 rings (SSSR count). The molecule has 1 saturated heterocycles. The van der Waals surface area contributed by atoms with E-state index in [9.17, 15) is 4.79 Å². The lowest BCUT2D eigenvalue weighted by Gasteiger charge is -2.10. The summed E-state index contributed by atoms with van der Waals surface area (Å²) >= 11 is 0. The molecule has 0 aromatic carbocycles. The van der Waals surface area contributed by atoms with Crippen LogP contribution in [0.2, 0.25) is 0 Å². The molecule has 3 unspecified atom stereocenters. The standard InChI is InChI=1S/C13H19NO5/c1-8-7-17-12(14-8)4-5-16-9(2)6-11-10(3)18-13(15)19-11/h6,8-10H,4-5,7H2,1-3H3. The third-order valence-corrected chi connectivity index (χ3v) is 2.83. The first-order chi connectivity index (χ1) is 9.04. The first-order valence-electron chi connectivity index (χ1n) is 6.46. The highest BCUT2D eigenvalue weighted by Gasteiger charge is 2.27. The summed E-state index contributed by atoms with van der Waals surface area (Å²) in [6.07, 6.45) is 1.24. The highest BCUT2D eigenvalue weighted by atomic mass is 16.8. The number of rotatable bonds is 5. The Labute approximate surface area is 112 Å². The molecule has 0 bridgehead atoms. The van der Waals surface area contributed by atoms with Crippen LogP contribution in [0.3, 0.4) is 0 Å². The van der Waals surface area contributed by atoms with Crippen molar-refractivity contribution in [3.05, 3.63) is 11.8 Å². The van der Waals surface area contributed by atoms with E-state index in [0.29, 0.717) is 25.4 Å². The predicted octanol–water partition coefficient (Wildman–Crippen LogP) is 2.04. The first-order valence-corrected chi connectivity index (χ1v) is 6.46. The number of ether oxygens (including phenoxy) is 4. The summed E-state index contributed by atoms with van der Waals surface area (Å²) in [5.41, 5.74) is 0. The van der Waals surface area contributed by atoms with Gasteiger partial charge in [0.15, 0.2) is 17.8 Å². The summed E-state index contributed by atoms with van der Waals surface area (Å²) in [5, 5.41) is 0. The van der Waals surface area contributed by atoms with Crippen LogP contribution in [0.4, 0.5) is 4.79 Å². The van der Waals surface area contributed by atoms with Gasteiger partial charge in [-0.05, 0) is 26.8 Å². The maximum atomic E-state index is 10.9. The van der Waals surface area contributed by atoms with E-state index in [4.69, 9.17) is 18.9 Å². The van der Waals surface area contributed by atoms with Gasteiger partial charge in [-0.3, -0.25) is 0 Å². The van der Waals surface area contributed by atoms with E-state index in [2.05, 4.69) is 4.99 Å². The second-order valence-corrected chi connectivity index (χ2v) is 4.69. The van der Waals surface area contributed by atoms with Gasteiger partial charge >= 0.3 is 6.16 Å². The smallest absolute Gasteiger partial charge is 0.479 e. The maximum absolute atomic E-state index is 10.9. The Bertz CT molecular complexity index is 404. The van der Waals surface area contributed by atoms with Crippen molar-refractivity contribution in [1.29, 1.82) is 0 Å². The Kier molecular flexibility index (Phi) is 4.42. The molecule has 0 radical (unpaired) electrons. The molecule has 0 spiro atoms. The van der Waals surface area contributed by atoms with Crippen LogP contribution in [0.15, 0.2) is 16.8 Å². The van der Waals surface area contributed by atoms with E-state index < -0.39 is 6.16 Å². The van der Waals surface area contributed by atoms with Gasteiger partial charge in [0.2, 0.25) is 0 Å². The minimum atomic E-state index is -0.659. The average molecular weight is 269 g/mol. The van der Waals surface area contributed by atoms with Gasteiger partial charge in [-0.15, -0.1) is 0 Å². The highest BCUT2D eigenvalue weighted by molar-refractivity contribution is 5.77. The quantitative estimate of drug-likeness (QED) is 0.714. The van der Waals surface area contributed by atoms with Crippen LogP contribution in [0.1, 0.15) is 27.2 Å². The van der Waals surface area contributed by atoms with Gasteiger partial charge in [-0.1, -0.05) is 0 Å². The normalized spacial score (nSPS) is 29.7. The van der Waals surface area contributed by atoms with Gasteiger partial charge in [0, 0.05) is 6.42 Å². The van der Waals surface area contributed by atoms with Crippen LogP contribution in [0.25, 0.3) is 0 Å². The van der Waals surface area contributed by atoms with Gasteiger partial charge in [0.25, 0.3) is 0 Å². The zero-order chi connectivity index (χ0) is 13.8. The number of hydrogen-bond donors (Lipinski definition) is 0. The monoisotopic (exact) mass is 269 g/mol. The second-order valence-electron chi connectivity index (χ2n) is 4.69. The van der Waals surface area contributed by atoms with Crippen LogP contribution in [-0.4, -0.2) is 43.5 Å². The van der Waals surface area contributed by atoms with Crippen LogP contribution in [-0.2, 0) is 18.9 Å². The number of carbonyl (C=O) groups excluding carboxylic acids is 1. The number of nitrogens with zero attached hydrogens (tertiary/aromatic N) is 1. The lowest BCUT2D eigenvalue weighted by molar-refractivity contribution is 0.0978. The van der Waals surface area contributed by atoms with Crippen LogP contribution in [0, 0.1) is 0 Å². The van der Waals surface area contributed by atoms with Gasteiger partial charge in [-0.2, -0.15) is 0 Å². The van der Waals surface area contributed by atoms with Crippen molar-refractivity contribution in [3.63, 3.8) is 0 Å². The molecule has 3 atom stereocenters. The molecule has 2 aliphatic heterocycles. The lowest BCUT2D eigenvalue weighted by atomic mass is 10.2. The molecule has 6 nitrogen and oxygen atoms in total. The molecule has 0 aromatic heterocycles. The SMILES string of the molecule is CC1COC(CCOC(C)C=C2OC(=O)OC2C)=N1. The Balaban J connectivity index is 1.73.